The van der Waals surface area contributed by atoms with Gasteiger partial charge in [0.2, 0.25) is 0 Å². The highest BCUT2D eigenvalue weighted by atomic mass is 14.5. The summed E-state index contributed by atoms with van der Waals surface area (Å²) in [5, 5.41) is 0. The van der Waals surface area contributed by atoms with E-state index in [1.54, 1.807) is 0 Å². The lowest BCUT2D eigenvalue weighted by molar-refractivity contribution is 0.872. The van der Waals surface area contributed by atoms with Gasteiger partial charge in [0.1, 0.15) is 0 Å². The molecule has 1 unspecified atom stereocenters. The maximum Gasteiger partial charge on any atom is 0.0317 e. The van der Waals surface area contributed by atoms with E-state index in [4.69, 9.17) is 5.73 Å². The molecule has 0 saturated carbocycles. The molecule has 0 radical (unpaired) electrons. The highest BCUT2D eigenvalue weighted by molar-refractivity contribution is 6.06. The van der Waals surface area contributed by atoms with Crippen LogP contribution in [0, 0.1) is 0 Å². The van der Waals surface area contributed by atoms with Gasteiger partial charge in [-0.2, -0.15) is 0 Å². The van der Waals surface area contributed by atoms with E-state index in [1.807, 2.05) is 6.07 Å². The maximum atomic E-state index is 6.44. The lowest BCUT2D eigenvalue weighted by Crippen LogP contribution is -2.04. The summed E-state index contributed by atoms with van der Waals surface area (Å²) in [6.45, 7) is 4.38. The second-order valence-electron chi connectivity index (χ2n) is 12.8. The second kappa shape index (κ2) is 15.4. The quantitative estimate of drug-likeness (QED) is 0.262. The van der Waals surface area contributed by atoms with Crippen molar-refractivity contribution in [2.75, 3.05) is 5.73 Å². The number of rotatable bonds is 1. The maximum absolute atomic E-state index is 6.44. The monoisotopic (exact) mass is 643 g/mol. The number of allylic oxidation sites excluding steroid dienone is 26. The summed E-state index contributed by atoms with van der Waals surface area (Å²) < 4.78 is 0. The number of anilines is 1. The molecule has 3 aromatic carbocycles. The molecule has 5 aliphatic rings. The van der Waals surface area contributed by atoms with Crippen LogP contribution < -0.4 is 5.73 Å². The third-order valence-corrected chi connectivity index (χ3v) is 9.32. The third-order valence-electron chi connectivity index (χ3n) is 9.32. The van der Waals surface area contributed by atoms with Gasteiger partial charge < -0.3 is 5.73 Å². The van der Waals surface area contributed by atoms with Crippen molar-refractivity contribution in [2.45, 2.75) is 18.8 Å². The molecule has 50 heavy (non-hydrogen) atoms. The van der Waals surface area contributed by atoms with Crippen LogP contribution in [-0.4, -0.2) is 0 Å². The zero-order chi connectivity index (χ0) is 34.1. The summed E-state index contributed by atoms with van der Waals surface area (Å²) in [7, 11) is 0. The summed E-state index contributed by atoms with van der Waals surface area (Å²) in [5.41, 5.74) is 22.0. The highest BCUT2D eigenvalue weighted by Gasteiger charge is 2.27. The van der Waals surface area contributed by atoms with E-state index in [1.165, 1.54) is 61.2 Å². The minimum atomic E-state index is 0.136. The van der Waals surface area contributed by atoms with Crippen LogP contribution in [0.5, 0.6) is 0 Å². The Balaban J connectivity index is 0.000000275. The fourth-order valence-corrected chi connectivity index (χ4v) is 7.01. The zero-order valence-corrected chi connectivity index (χ0v) is 28.3. The van der Waals surface area contributed by atoms with Crippen LogP contribution in [0.15, 0.2) is 218 Å². The van der Waals surface area contributed by atoms with E-state index in [0.29, 0.717) is 0 Å². The topological polar surface area (TPSA) is 26.0 Å². The van der Waals surface area contributed by atoms with Gasteiger partial charge >= 0.3 is 0 Å². The van der Waals surface area contributed by atoms with Crippen molar-refractivity contribution in [3.05, 3.63) is 251 Å². The summed E-state index contributed by atoms with van der Waals surface area (Å²) in [5.74, 6) is 0.136. The fraction of sp³-hybridized carbons (Fsp3) is 0.0612. The van der Waals surface area contributed by atoms with Crippen LogP contribution in [0.4, 0.5) is 5.69 Å². The standard InChI is InChI=1S/C37H31N.C12H10/c1-26-13-6-4-8-14-27-18-12-20-32-33-19-11-3-2-7-17-29(24-30(23-26)36(27)32)35-25-31(38)21-22-34(35)37(33)28-15-9-5-10-16-28;1-2-6-12-8-4-3-7-11(5-1)9-10-12/h2-13,15-23,25,29H,1,14,24,38H2;1-10H/b3-2-,8-4-,13-6-,17-7-,19-11+,30-23-,37-33+;2-1?,4-3?,5-1?,6-2?,7-3?,8-4?,10-9-,11-5?,11-7?,11-9?,12-6?,12-8?,12-10?. The van der Waals surface area contributed by atoms with Crippen molar-refractivity contribution in [1.29, 1.82) is 0 Å². The number of fused-ring (bicyclic) bond motifs is 3. The van der Waals surface area contributed by atoms with E-state index in [9.17, 15) is 0 Å². The molecule has 3 aromatic rings. The fourth-order valence-electron chi connectivity index (χ4n) is 7.01. The zero-order valence-electron chi connectivity index (χ0n) is 28.3. The molecule has 0 aliphatic heterocycles. The molecule has 5 aliphatic carbocycles. The molecule has 1 heteroatoms. The van der Waals surface area contributed by atoms with Crippen molar-refractivity contribution in [1.82, 2.24) is 0 Å². The molecule has 2 N–H and O–H groups in total. The highest BCUT2D eigenvalue weighted by Crippen LogP contribution is 2.46. The van der Waals surface area contributed by atoms with Crippen molar-refractivity contribution in [3.63, 3.8) is 0 Å². The number of benzene rings is 3. The molecule has 0 spiro atoms. The van der Waals surface area contributed by atoms with Crippen LogP contribution in [-0.2, 0) is 6.42 Å². The molecular formula is C49H41N. The predicted octanol–water partition coefficient (Wildman–Crippen LogP) is 12.1. The molecule has 0 saturated heterocycles. The third kappa shape index (κ3) is 7.43. The number of nitrogen functional groups attached to an aromatic ring is 1. The minimum Gasteiger partial charge on any atom is -0.399 e. The molecule has 8 rings (SSSR count). The smallest absolute Gasteiger partial charge is 0.0317 e. The van der Waals surface area contributed by atoms with Crippen molar-refractivity contribution in [3.8, 4) is 0 Å². The first-order valence-electron chi connectivity index (χ1n) is 17.3. The van der Waals surface area contributed by atoms with Crippen molar-refractivity contribution >= 4 is 22.4 Å². The van der Waals surface area contributed by atoms with Crippen LogP contribution in [0.1, 0.15) is 45.7 Å². The van der Waals surface area contributed by atoms with E-state index in [2.05, 4.69) is 195 Å². The van der Waals surface area contributed by atoms with Gasteiger partial charge in [-0.05, 0) is 91.8 Å². The molecule has 242 valence electrons. The predicted molar refractivity (Wildman–Crippen MR) is 216 cm³/mol. The average molecular weight is 644 g/mol. The molecule has 0 heterocycles. The normalized spacial score (nSPS) is 24.8. The Bertz CT molecular complexity index is 2170. The molecular weight excluding hydrogens is 603 g/mol. The molecule has 1 nitrogen and oxygen atoms in total. The Hall–Kier alpha value is -6.18. The molecule has 0 aromatic heterocycles. The first-order valence-corrected chi connectivity index (χ1v) is 17.3. The van der Waals surface area contributed by atoms with Crippen molar-refractivity contribution < 1.29 is 0 Å². The summed E-state index contributed by atoms with van der Waals surface area (Å²) in [6, 6.07) is 23.9. The summed E-state index contributed by atoms with van der Waals surface area (Å²) in [4.78, 5) is 0. The minimum absolute atomic E-state index is 0.136. The van der Waals surface area contributed by atoms with E-state index in [-0.39, 0.29) is 5.92 Å². The van der Waals surface area contributed by atoms with Crippen LogP contribution >= 0.6 is 0 Å². The molecule has 1 atom stereocenters. The van der Waals surface area contributed by atoms with Gasteiger partial charge in [-0.1, -0.05) is 189 Å². The largest absolute Gasteiger partial charge is 0.399 e. The van der Waals surface area contributed by atoms with Crippen LogP contribution in [0.3, 0.4) is 0 Å². The number of nitrogens with two attached hydrogens (primary N) is 1. The van der Waals surface area contributed by atoms with Gasteiger partial charge in [0.05, 0.1) is 0 Å². The Morgan fingerprint density at radius 2 is 1.36 bits per heavy atom. The van der Waals surface area contributed by atoms with Gasteiger partial charge in [0, 0.05) is 11.6 Å². The van der Waals surface area contributed by atoms with Crippen LogP contribution in [0.25, 0.3) is 16.7 Å². The van der Waals surface area contributed by atoms with Gasteiger partial charge in [-0.3, -0.25) is 0 Å². The summed E-state index contributed by atoms with van der Waals surface area (Å²) in [6.07, 6.45) is 46.6. The lowest BCUT2D eigenvalue weighted by Gasteiger charge is -2.22. The SMILES string of the molecule is C1=CC=C2C=CC=CC(=C1)/C=C\2.C=C1/C=C\C=C/Cc2cccc3c2/C(=C\1)CC1\C=C/C=C\C=C\C3=C(\c2ccccc2)c2ccc(N)cc21. The van der Waals surface area contributed by atoms with E-state index in [0.717, 1.165) is 24.1 Å². The van der Waals surface area contributed by atoms with Gasteiger partial charge in [0.15, 0.2) is 0 Å². The Labute approximate surface area is 297 Å². The van der Waals surface area contributed by atoms with E-state index >= 15 is 0 Å². The average Bonchev–Trinajstić information content (AvgIpc) is 3.12. The van der Waals surface area contributed by atoms with Gasteiger partial charge in [-0.15, -0.1) is 0 Å². The Morgan fingerprint density at radius 3 is 2.16 bits per heavy atom. The van der Waals surface area contributed by atoms with Gasteiger partial charge in [0.25, 0.3) is 0 Å². The Morgan fingerprint density at radius 1 is 0.620 bits per heavy atom. The molecule has 0 fully saturated rings. The second-order valence-corrected chi connectivity index (χ2v) is 12.8. The first kappa shape index (κ1) is 32.4. The Kier molecular flexibility index (Phi) is 9.95. The first-order chi connectivity index (χ1) is 24.6. The van der Waals surface area contributed by atoms with E-state index < -0.39 is 0 Å². The van der Waals surface area contributed by atoms with Crippen LogP contribution in [0.2, 0.25) is 0 Å². The molecule has 4 bridgehead atoms. The molecule has 0 amide bonds. The number of hydrogen-bond donors (Lipinski definition) is 1. The van der Waals surface area contributed by atoms with Crippen molar-refractivity contribution in [2.24, 2.45) is 0 Å². The lowest BCUT2D eigenvalue weighted by atomic mass is 9.82. The summed E-state index contributed by atoms with van der Waals surface area (Å²) >= 11 is 0. The number of hydrogen-bond acceptors (Lipinski definition) is 1. The van der Waals surface area contributed by atoms with Gasteiger partial charge in [-0.25, -0.2) is 0 Å².